The summed E-state index contributed by atoms with van der Waals surface area (Å²) < 4.78 is 44.6. The van der Waals surface area contributed by atoms with Gasteiger partial charge in [0, 0.05) is 17.3 Å². The number of amides is 1. The third kappa shape index (κ3) is 3.64. The summed E-state index contributed by atoms with van der Waals surface area (Å²) in [6.45, 7) is 7.15. The number of aromatic nitrogens is 1. The van der Waals surface area contributed by atoms with Gasteiger partial charge in [0.1, 0.15) is 11.3 Å². The second-order valence-corrected chi connectivity index (χ2v) is 5.88. The first-order chi connectivity index (χ1) is 12.7. The number of rotatable bonds is 3. The van der Waals surface area contributed by atoms with Crippen LogP contribution in [-0.4, -0.2) is 10.9 Å². The van der Waals surface area contributed by atoms with E-state index >= 15 is 0 Å². The van der Waals surface area contributed by atoms with Gasteiger partial charge >= 0.3 is 6.18 Å². The standard InChI is InChI=1S/C19H14F3N3O2/c1-10-9-13(27-18-15(19(20,21)22)5-4-8-23-18)6-7-14(10)16-11(2)17(26)25-24-12(16)3/h4-9H,3H2,1-2H3. The van der Waals surface area contributed by atoms with Crippen LogP contribution in [0.4, 0.5) is 13.2 Å². The van der Waals surface area contributed by atoms with Crippen molar-refractivity contribution in [2.24, 2.45) is 10.2 Å². The summed E-state index contributed by atoms with van der Waals surface area (Å²) in [6.07, 6.45) is -3.35. The highest BCUT2D eigenvalue weighted by atomic mass is 19.4. The second kappa shape index (κ2) is 6.79. The number of allylic oxidation sites excluding steroid dienone is 1. The normalized spacial score (nSPS) is 14.7. The fourth-order valence-corrected chi connectivity index (χ4v) is 2.69. The molecule has 138 valence electrons. The summed E-state index contributed by atoms with van der Waals surface area (Å²) in [4.78, 5) is 15.5. The van der Waals surface area contributed by atoms with Crippen LogP contribution in [0.2, 0.25) is 0 Å². The van der Waals surface area contributed by atoms with Crippen LogP contribution in [0.5, 0.6) is 11.6 Å². The number of pyridine rings is 1. The molecule has 1 aliphatic heterocycles. The Kier molecular flexibility index (Phi) is 4.65. The monoisotopic (exact) mass is 373 g/mol. The molecule has 2 aromatic rings. The lowest BCUT2D eigenvalue weighted by Crippen LogP contribution is -2.08. The van der Waals surface area contributed by atoms with Crippen LogP contribution >= 0.6 is 0 Å². The molecule has 27 heavy (non-hydrogen) atoms. The molecule has 2 heterocycles. The van der Waals surface area contributed by atoms with Crippen molar-refractivity contribution >= 4 is 11.5 Å². The van der Waals surface area contributed by atoms with E-state index in [1.165, 1.54) is 18.3 Å². The van der Waals surface area contributed by atoms with Gasteiger partial charge in [-0.2, -0.15) is 13.2 Å². The van der Waals surface area contributed by atoms with Crippen molar-refractivity contribution in [3.05, 3.63) is 71.1 Å². The molecule has 8 heteroatoms. The molecule has 5 nitrogen and oxygen atoms in total. The van der Waals surface area contributed by atoms with Crippen molar-refractivity contribution < 1.29 is 22.7 Å². The first-order valence-electron chi connectivity index (χ1n) is 7.86. The van der Waals surface area contributed by atoms with E-state index in [1.807, 2.05) is 0 Å². The number of alkyl halides is 3. The molecule has 0 bridgehead atoms. The van der Waals surface area contributed by atoms with Crippen molar-refractivity contribution in [1.82, 2.24) is 4.98 Å². The summed E-state index contributed by atoms with van der Waals surface area (Å²) in [7, 11) is 0. The van der Waals surface area contributed by atoms with Crippen molar-refractivity contribution in [2.75, 3.05) is 0 Å². The van der Waals surface area contributed by atoms with Gasteiger partial charge in [0.15, 0.2) is 0 Å². The SMILES string of the molecule is C=C1N=NC(=O)C(C)=C1c1ccc(Oc2ncccc2C(F)(F)F)cc1C. The summed E-state index contributed by atoms with van der Waals surface area (Å²) in [5, 5.41) is 7.24. The summed E-state index contributed by atoms with van der Waals surface area (Å²) in [5.41, 5.74) is 1.68. The zero-order chi connectivity index (χ0) is 19.8. The predicted octanol–water partition coefficient (Wildman–Crippen LogP) is 5.48. The average Bonchev–Trinajstić information content (AvgIpc) is 2.60. The summed E-state index contributed by atoms with van der Waals surface area (Å²) in [6, 6.07) is 6.80. The smallest absolute Gasteiger partial charge is 0.421 e. The van der Waals surface area contributed by atoms with Crippen molar-refractivity contribution in [1.29, 1.82) is 0 Å². The largest absolute Gasteiger partial charge is 0.438 e. The average molecular weight is 373 g/mol. The number of aryl methyl sites for hydroxylation is 1. The fraction of sp³-hybridized carbons (Fsp3) is 0.158. The van der Waals surface area contributed by atoms with Crippen LogP contribution in [0.3, 0.4) is 0 Å². The Balaban J connectivity index is 1.97. The molecule has 0 saturated heterocycles. The molecule has 0 spiro atoms. The highest BCUT2D eigenvalue weighted by Gasteiger charge is 2.35. The van der Waals surface area contributed by atoms with Gasteiger partial charge in [-0.05, 0) is 49.2 Å². The Bertz CT molecular complexity index is 1010. The molecule has 0 atom stereocenters. The Hall–Kier alpha value is -3.29. The first-order valence-corrected chi connectivity index (χ1v) is 7.86. The minimum Gasteiger partial charge on any atom is -0.438 e. The van der Waals surface area contributed by atoms with E-state index in [0.29, 0.717) is 28.0 Å². The van der Waals surface area contributed by atoms with Crippen molar-refractivity contribution in [3.63, 3.8) is 0 Å². The Labute approximate surface area is 152 Å². The molecule has 3 rings (SSSR count). The number of halogens is 3. The van der Waals surface area contributed by atoms with Crippen molar-refractivity contribution in [3.8, 4) is 11.6 Å². The minimum atomic E-state index is -4.58. The second-order valence-electron chi connectivity index (χ2n) is 5.88. The van der Waals surface area contributed by atoms with Crippen LogP contribution in [-0.2, 0) is 11.0 Å². The number of carbonyl (C=O) groups excluding carboxylic acids is 1. The molecule has 1 aliphatic rings. The maximum Gasteiger partial charge on any atom is 0.421 e. The zero-order valence-electron chi connectivity index (χ0n) is 14.5. The van der Waals surface area contributed by atoms with Gasteiger partial charge in [-0.3, -0.25) is 4.79 Å². The summed E-state index contributed by atoms with van der Waals surface area (Å²) in [5.74, 6) is -0.799. The van der Waals surface area contributed by atoms with Gasteiger partial charge in [-0.15, -0.1) is 10.2 Å². The van der Waals surface area contributed by atoms with E-state index in [9.17, 15) is 18.0 Å². The van der Waals surface area contributed by atoms with E-state index < -0.39 is 23.5 Å². The first kappa shape index (κ1) is 18.5. The molecule has 0 radical (unpaired) electrons. The molecular formula is C19H14F3N3O2. The molecule has 0 saturated carbocycles. The zero-order valence-corrected chi connectivity index (χ0v) is 14.5. The molecular weight excluding hydrogens is 359 g/mol. The topological polar surface area (TPSA) is 63.9 Å². The number of hydrogen-bond acceptors (Lipinski definition) is 4. The van der Waals surface area contributed by atoms with E-state index in [0.717, 1.165) is 6.07 Å². The van der Waals surface area contributed by atoms with Crippen molar-refractivity contribution in [2.45, 2.75) is 20.0 Å². The molecule has 0 unspecified atom stereocenters. The van der Waals surface area contributed by atoms with Crippen LogP contribution < -0.4 is 4.74 Å². The lowest BCUT2D eigenvalue weighted by Gasteiger charge is -2.17. The van der Waals surface area contributed by atoms with Crippen LogP contribution in [0.15, 0.2) is 64.6 Å². The van der Waals surface area contributed by atoms with E-state index in [-0.39, 0.29) is 5.75 Å². The van der Waals surface area contributed by atoms with Crippen LogP contribution in [0, 0.1) is 6.92 Å². The molecule has 0 N–H and O–H groups in total. The third-order valence-corrected chi connectivity index (χ3v) is 4.00. The molecule has 1 aromatic heterocycles. The van der Waals surface area contributed by atoms with Gasteiger partial charge in [0.2, 0.25) is 5.88 Å². The molecule has 1 amide bonds. The number of nitrogens with zero attached hydrogens (tertiary/aromatic N) is 3. The van der Waals surface area contributed by atoms with E-state index in [1.54, 1.807) is 26.0 Å². The number of azo groups is 1. The number of carbonyl (C=O) groups is 1. The third-order valence-electron chi connectivity index (χ3n) is 4.00. The lowest BCUT2D eigenvalue weighted by molar-refractivity contribution is -0.138. The Morgan fingerprint density at radius 3 is 2.52 bits per heavy atom. The Morgan fingerprint density at radius 2 is 1.85 bits per heavy atom. The minimum absolute atomic E-state index is 0.188. The van der Waals surface area contributed by atoms with Gasteiger partial charge in [-0.25, -0.2) is 4.98 Å². The highest BCUT2D eigenvalue weighted by molar-refractivity contribution is 6.05. The van der Waals surface area contributed by atoms with Crippen LogP contribution in [0.1, 0.15) is 23.6 Å². The highest BCUT2D eigenvalue weighted by Crippen LogP contribution is 2.38. The van der Waals surface area contributed by atoms with Gasteiger partial charge < -0.3 is 4.74 Å². The molecule has 1 aromatic carbocycles. The fourth-order valence-electron chi connectivity index (χ4n) is 2.69. The maximum atomic E-state index is 13.1. The van der Waals surface area contributed by atoms with Gasteiger partial charge in [-0.1, -0.05) is 12.6 Å². The Morgan fingerprint density at radius 1 is 1.11 bits per heavy atom. The van der Waals surface area contributed by atoms with E-state index in [4.69, 9.17) is 4.74 Å². The van der Waals surface area contributed by atoms with Gasteiger partial charge in [0.05, 0.1) is 5.70 Å². The number of hydrogen-bond donors (Lipinski definition) is 0. The summed E-state index contributed by atoms with van der Waals surface area (Å²) >= 11 is 0. The number of benzene rings is 1. The van der Waals surface area contributed by atoms with Gasteiger partial charge in [0.25, 0.3) is 5.91 Å². The maximum absolute atomic E-state index is 13.1. The van der Waals surface area contributed by atoms with Crippen LogP contribution in [0.25, 0.3) is 5.57 Å². The quantitative estimate of drug-likeness (QED) is 0.715. The molecule has 0 fully saturated rings. The predicted molar refractivity (Wildman–Crippen MR) is 92.1 cm³/mol. The number of ether oxygens (including phenoxy) is 1. The molecule has 0 aliphatic carbocycles. The van der Waals surface area contributed by atoms with E-state index in [2.05, 4.69) is 21.8 Å². The lowest BCUT2D eigenvalue weighted by atomic mass is 9.93.